The van der Waals surface area contributed by atoms with Crippen LogP contribution in [-0.2, 0) is 13.0 Å². The van der Waals surface area contributed by atoms with E-state index in [0.717, 1.165) is 64.7 Å². The van der Waals surface area contributed by atoms with Crippen LogP contribution in [0.15, 0.2) is 54.6 Å². The summed E-state index contributed by atoms with van der Waals surface area (Å²) in [7, 11) is 0. The Labute approximate surface area is 201 Å². The minimum atomic E-state index is 0.258. The second-order valence-electron chi connectivity index (χ2n) is 8.02. The van der Waals surface area contributed by atoms with Gasteiger partial charge in [0.05, 0.1) is 11.2 Å². The van der Waals surface area contributed by atoms with E-state index in [9.17, 15) is 4.79 Å². The van der Waals surface area contributed by atoms with Crippen LogP contribution >= 0.6 is 11.6 Å². The predicted octanol–water partition coefficient (Wildman–Crippen LogP) is 5.14. The number of carbonyl (C=O) groups excluding carboxylic acids is 1. The van der Waals surface area contributed by atoms with E-state index in [1.54, 1.807) is 0 Å². The van der Waals surface area contributed by atoms with Gasteiger partial charge in [0.25, 0.3) is 0 Å². The molecule has 0 bridgehead atoms. The van der Waals surface area contributed by atoms with E-state index in [1.807, 2.05) is 53.1 Å². The van der Waals surface area contributed by atoms with Crippen LogP contribution < -0.4 is 0 Å². The Morgan fingerprint density at radius 2 is 1.91 bits per heavy atom. The molecule has 0 saturated carbocycles. The molecule has 0 amide bonds. The van der Waals surface area contributed by atoms with Gasteiger partial charge in [-0.05, 0) is 35.4 Å². The van der Waals surface area contributed by atoms with Gasteiger partial charge in [0.1, 0.15) is 11.5 Å². The lowest BCUT2D eigenvalue weighted by Gasteiger charge is -2.11. The Hall–Kier alpha value is -3.91. The average molecular weight is 472 g/mol. The number of rotatable bonds is 8. The second kappa shape index (κ2) is 9.52. The van der Waals surface area contributed by atoms with Crippen LogP contribution in [0.25, 0.3) is 33.5 Å². The molecule has 0 atom stereocenters. The zero-order valence-electron chi connectivity index (χ0n) is 18.6. The van der Waals surface area contributed by atoms with Crippen molar-refractivity contribution in [3.05, 3.63) is 76.8 Å². The lowest BCUT2D eigenvalue weighted by molar-refractivity contribution is 0.111. The maximum Gasteiger partial charge on any atom is 0.205 e. The molecule has 3 aromatic heterocycles. The van der Waals surface area contributed by atoms with Gasteiger partial charge < -0.3 is 4.57 Å². The lowest BCUT2D eigenvalue weighted by atomic mass is 10.0. The zero-order chi connectivity index (χ0) is 23.5. The maximum absolute atomic E-state index is 11.7. The van der Waals surface area contributed by atoms with E-state index in [1.165, 1.54) is 0 Å². The first-order valence-corrected chi connectivity index (χ1v) is 11.5. The first-order valence-electron chi connectivity index (χ1n) is 11.1. The van der Waals surface area contributed by atoms with E-state index in [0.29, 0.717) is 18.1 Å². The number of fused-ring (bicyclic) bond motifs is 1. The molecular formula is C25H22ClN7O. The summed E-state index contributed by atoms with van der Waals surface area (Å²) in [6.07, 6.45) is 3.59. The number of carbonyl (C=O) groups is 1. The van der Waals surface area contributed by atoms with Crippen molar-refractivity contribution in [3.8, 4) is 22.6 Å². The summed E-state index contributed by atoms with van der Waals surface area (Å²) in [6, 6.07) is 18.0. The lowest BCUT2D eigenvalue weighted by Crippen LogP contribution is -2.08. The van der Waals surface area contributed by atoms with Crippen LogP contribution in [0.4, 0.5) is 0 Å². The highest BCUT2D eigenvalue weighted by Gasteiger charge is 2.16. The fourth-order valence-electron chi connectivity index (χ4n) is 4.08. The molecule has 0 aliphatic heterocycles. The number of aromatic amines is 1. The highest BCUT2D eigenvalue weighted by Crippen LogP contribution is 2.30. The highest BCUT2D eigenvalue weighted by molar-refractivity contribution is 6.31. The molecule has 34 heavy (non-hydrogen) atoms. The van der Waals surface area contributed by atoms with Gasteiger partial charge in [-0.3, -0.25) is 4.79 Å². The van der Waals surface area contributed by atoms with Gasteiger partial charge in [-0.15, -0.1) is 10.2 Å². The van der Waals surface area contributed by atoms with Crippen molar-refractivity contribution in [2.75, 3.05) is 0 Å². The minimum absolute atomic E-state index is 0.258. The van der Waals surface area contributed by atoms with Gasteiger partial charge in [-0.1, -0.05) is 61.3 Å². The minimum Gasteiger partial charge on any atom is -0.320 e. The molecule has 8 nitrogen and oxygen atoms in total. The summed E-state index contributed by atoms with van der Waals surface area (Å²) in [4.78, 5) is 21.0. The number of unbranched alkanes of at least 4 members (excludes halogenated alkanes) is 1. The summed E-state index contributed by atoms with van der Waals surface area (Å²) in [5.41, 5.74) is 4.95. The number of aldehydes is 1. The predicted molar refractivity (Wildman–Crippen MR) is 131 cm³/mol. The summed E-state index contributed by atoms with van der Waals surface area (Å²) in [5, 5.41) is 15.7. The summed E-state index contributed by atoms with van der Waals surface area (Å²) < 4.78 is 1.91. The monoisotopic (exact) mass is 471 g/mol. The van der Waals surface area contributed by atoms with Crippen molar-refractivity contribution in [2.45, 2.75) is 32.7 Å². The molecule has 3 heterocycles. The van der Waals surface area contributed by atoms with Crippen molar-refractivity contribution in [2.24, 2.45) is 0 Å². The smallest absolute Gasteiger partial charge is 0.205 e. The van der Waals surface area contributed by atoms with Crippen LogP contribution in [0, 0.1) is 0 Å². The van der Waals surface area contributed by atoms with Gasteiger partial charge >= 0.3 is 0 Å². The van der Waals surface area contributed by atoms with Crippen LogP contribution in [0.3, 0.4) is 0 Å². The molecule has 2 aromatic carbocycles. The topological polar surface area (TPSA) is 102 Å². The number of nitrogens with one attached hydrogen (secondary N) is 1. The van der Waals surface area contributed by atoms with Gasteiger partial charge in [0.15, 0.2) is 11.4 Å². The third kappa shape index (κ3) is 4.20. The number of imidazole rings is 1. The standard InChI is InChI=1S/C25H22ClN7O/c1-2-3-8-23-28-24(26)22(15-34)33(23)14-16-9-11-20-17(13-16)10-12-21(27-20)18-6-4-5-7-19(18)25-29-31-32-30-25/h4-7,9-13,15H,2-3,8,14H2,1H3,(H,29,30,31,32). The third-order valence-corrected chi connectivity index (χ3v) is 6.07. The normalized spacial score (nSPS) is 11.2. The number of benzene rings is 2. The maximum atomic E-state index is 11.7. The average Bonchev–Trinajstić information content (AvgIpc) is 3.50. The van der Waals surface area contributed by atoms with Crippen molar-refractivity contribution >= 4 is 28.8 Å². The van der Waals surface area contributed by atoms with Gasteiger partial charge in [-0.2, -0.15) is 5.21 Å². The Bertz CT molecular complexity index is 1460. The van der Waals surface area contributed by atoms with E-state index >= 15 is 0 Å². The first-order chi connectivity index (χ1) is 16.7. The highest BCUT2D eigenvalue weighted by atomic mass is 35.5. The number of nitrogens with zero attached hydrogens (tertiary/aromatic N) is 6. The Morgan fingerprint density at radius 3 is 2.68 bits per heavy atom. The summed E-state index contributed by atoms with van der Waals surface area (Å²) in [6.45, 7) is 2.64. The van der Waals surface area contributed by atoms with E-state index in [-0.39, 0.29) is 5.15 Å². The zero-order valence-corrected chi connectivity index (χ0v) is 19.3. The quantitative estimate of drug-likeness (QED) is 0.314. The van der Waals surface area contributed by atoms with Crippen LogP contribution in [0.2, 0.25) is 5.15 Å². The van der Waals surface area contributed by atoms with Gasteiger partial charge in [0, 0.05) is 29.5 Å². The van der Waals surface area contributed by atoms with Crippen molar-refractivity contribution in [1.82, 2.24) is 35.2 Å². The molecule has 5 aromatic rings. The van der Waals surface area contributed by atoms with Crippen molar-refractivity contribution in [3.63, 3.8) is 0 Å². The first kappa shape index (κ1) is 21.9. The number of hydrogen-bond acceptors (Lipinski definition) is 6. The number of H-pyrrole nitrogens is 1. The van der Waals surface area contributed by atoms with Crippen LogP contribution in [-0.4, -0.2) is 41.4 Å². The molecule has 0 unspecified atom stereocenters. The molecule has 1 N–H and O–H groups in total. The number of tetrazole rings is 1. The SMILES string of the molecule is CCCCc1nc(Cl)c(C=O)n1Cc1ccc2nc(-c3ccccc3-c3nn[nH]n3)ccc2c1. The molecule has 170 valence electrons. The van der Waals surface area contributed by atoms with Crippen LogP contribution in [0.5, 0.6) is 0 Å². The van der Waals surface area contributed by atoms with Crippen molar-refractivity contribution in [1.29, 1.82) is 0 Å². The fraction of sp³-hybridized carbons (Fsp3) is 0.200. The molecule has 0 spiro atoms. The number of aryl methyl sites for hydroxylation is 1. The number of hydrogen-bond donors (Lipinski definition) is 1. The second-order valence-corrected chi connectivity index (χ2v) is 8.37. The Kier molecular flexibility index (Phi) is 6.14. The van der Waals surface area contributed by atoms with E-state index in [2.05, 4.69) is 38.6 Å². The Balaban J connectivity index is 1.49. The molecule has 0 aliphatic carbocycles. The summed E-state index contributed by atoms with van der Waals surface area (Å²) in [5.74, 6) is 1.36. The molecule has 0 radical (unpaired) electrons. The van der Waals surface area contributed by atoms with Crippen molar-refractivity contribution < 1.29 is 4.79 Å². The number of aromatic nitrogens is 7. The molecule has 9 heteroatoms. The van der Waals surface area contributed by atoms with E-state index in [4.69, 9.17) is 16.6 Å². The third-order valence-electron chi connectivity index (χ3n) is 5.79. The molecule has 5 rings (SSSR count). The number of pyridine rings is 1. The summed E-state index contributed by atoms with van der Waals surface area (Å²) >= 11 is 6.23. The molecule has 0 fully saturated rings. The van der Waals surface area contributed by atoms with Crippen LogP contribution in [0.1, 0.15) is 41.6 Å². The fourth-order valence-corrected chi connectivity index (χ4v) is 4.32. The van der Waals surface area contributed by atoms with Gasteiger partial charge in [0.2, 0.25) is 5.82 Å². The van der Waals surface area contributed by atoms with E-state index < -0.39 is 0 Å². The molecule has 0 saturated heterocycles. The number of halogens is 1. The molecule has 0 aliphatic rings. The largest absolute Gasteiger partial charge is 0.320 e. The molecular weight excluding hydrogens is 450 g/mol. The van der Waals surface area contributed by atoms with Gasteiger partial charge in [-0.25, -0.2) is 9.97 Å². The Morgan fingerprint density at radius 1 is 1.06 bits per heavy atom.